The number of carbonyl (C=O) groups excluding carboxylic acids is 2. The lowest BCUT2D eigenvalue weighted by atomic mass is 10.1. The number of fused-ring (bicyclic) bond motifs is 1. The van der Waals surface area contributed by atoms with Crippen molar-refractivity contribution in [1.29, 1.82) is 0 Å². The van der Waals surface area contributed by atoms with Crippen molar-refractivity contribution in [1.82, 2.24) is 0 Å². The van der Waals surface area contributed by atoms with E-state index in [4.69, 9.17) is 4.74 Å². The number of anilines is 1. The average Bonchev–Trinajstić information content (AvgIpc) is 2.83. The quantitative estimate of drug-likeness (QED) is 0.640. The van der Waals surface area contributed by atoms with Gasteiger partial charge in [-0.2, -0.15) is 0 Å². The maximum absolute atomic E-state index is 14.3. The van der Waals surface area contributed by atoms with Crippen molar-refractivity contribution >= 4 is 23.1 Å². The summed E-state index contributed by atoms with van der Waals surface area (Å²) >= 11 is 0. The summed E-state index contributed by atoms with van der Waals surface area (Å²) < 4.78 is 19.2. The Bertz CT molecular complexity index is 815. The number of hydrogen-bond acceptors (Lipinski definition) is 3. The fourth-order valence-electron chi connectivity index (χ4n) is 2.73. The molecule has 1 aliphatic rings. The molecule has 0 aromatic heterocycles. The van der Waals surface area contributed by atoms with Gasteiger partial charge in [0.25, 0.3) is 5.91 Å². The van der Waals surface area contributed by atoms with Gasteiger partial charge in [0.2, 0.25) is 0 Å². The minimum atomic E-state index is -0.613. The van der Waals surface area contributed by atoms with Crippen LogP contribution in [0, 0.1) is 5.82 Å². The van der Waals surface area contributed by atoms with Crippen molar-refractivity contribution < 1.29 is 18.7 Å². The SMILES string of the molecule is CCOC(=O)/C=C1/C(=O)N(Cc2ccccc2)c2c(F)cccc21. The van der Waals surface area contributed by atoms with Gasteiger partial charge in [-0.15, -0.1) is 0 Å². The largest absolute Gasteiger partial charge is 0.463 e. The van der Waals surface area contributed by atoms with E-state index in [9.17, 15) is 14.0 Å². The number of benzene rings is 2. The normalized spacial score (nSPS) is 14.8. The number of ether oxygens (including phenoxy) is 1. The minimum absolute atomic E-state index is 0.152. The van der Waals surface area contributed by atoms with Crippen LogP contribution < -0.4 is 4.90 Å². The third-order valence-corrected chi connectivity index (χ3v) is 3.75. The number of amides is 1. The maximum atomic E-state index is 14.3. The molecular weight excluding hydrogens is 309 g/mol. The number of hydrogen-bond donors (Lipinski definition) is 0. The predicted octanol–water partition coefficient (Wildman–Crippen LogP) is 3.32. The summed E-state index contributed by atoms with van der Waals surface area (Å²) in [5.41, 5.74) is 1.63. The van der Waals surface area contributed by atoms with Gasteiger partial charge in [0.15, 0.2) is 0 Å². The average molecular weight is 325 g/mol. The molecule has 0 radical (unpaired) electrons. The monoisotopic (exact) mass is 325 g/mol. The van der Waals surface area contributed by atoms with Crippen molar-refractivity contribution in [3.63, 3.8) is 0 Å². The smallest absolute Gasteiger partial charge is 0.331 e. The molecule has 0 unspecified atom stereocenters. The van der Waals surface area contributed by atoms with Gasteiger partial charge in [-0.1, -0.05) is 42.5 Å². The molecule has 1 aliphatic heterocycles. The molecular formula is C19H16FNO3. The Morgan fingerprint density at radius 2 is 1.92 bits per heavy atom. The highest BCUT2D eigenvalue weighted by atomic mass is 19.1. The van der Waals surface area contributed by atoms with Crippen LogP contribution in [-0.4, -0.2) is 18.5 Å². The Kier molecular flexibility index (Phi) is 4.42. The summed E-state index contributed by atoms with van der Waals surface area (Å²) in [6, 6.07) is 13.8. The molecule has 3 rings (SSSR count). The second-order valence-corrected chi connectivity index (χ2v) is 5.32. The van der Waals surface area contributed by atoms with Gasteiger partial charge in [0, 0.05) is 11.6 Å². The molecule has 4 nitrogen and oxygen atoms in total. The number of rotatable bonds is 4. The zero-order valence-corrected chi connectivity index (χ0v) is 13.2. The van der Waals surface area contributed by atoms with Gasteiger partial charge in [-0.3, -0.25) is 4.79 Å². The lowest BCUT2D eigenvalue weighted by molar-refractivity contribution is -0.137. The highest BCUT2D eigenvalue weighted by molar-refractivity contribution is 6.34. The van der Waals surface area contributed by atoms with E-state index in [1.165, 1.54) is 17.0 Å². The van der Waals surface area contributed by atoms with Crippen LogP contribution in [0.3, 0.4) is 0 Å². The van der Waals surface area contributed by atoms with Crippen molar-refractivity contribution in [2.75, 3.05) is 11.5 Å². The van der Waals surface area contributed by atoms with Gasteiger partial charge in [0.1, 0.15) is 5.82 Å². The van der Waals surface area contributed by atoms with E-state index in [0.717, 1.165) is 11.6 Å². The van der Waals surface area contributed by atoms with E-state index in [2.05, 4.69) is 0 Å². The highest BCUT2D eigenvalue weighted by Crippen LogP contribution is 2.39. The molecule has 1 amide bonds. The molecule has 0 aliphatic carbocycles. The van der Waals surface area contributed by atoms with E-state index < -0.39 is 17.7 Å². The zero-order valence-electron chi connectivity index (χ0n) is 13.2. The molecule has 0 fully saturated rings. The lowest BCUT2D eigenvalue weighted by Crippen LogP contribution is -2.26. The summed E-state index contributed by atoms with van der Waals surface area (Å²) in [5.74, 6) is -1.52. The predicted molar refractivity (Wildman–Crippen MR) is 88.6 cm³/mol. The van der Waals surface area contributed by atoms with Gasteiger partial charge < -0.3 is 9.64 Å². The molecule has 5 heteroatoms. The first-order valence-corrected chi connectivity index (χ1v) is 7.65. The highest BCUT2D eigenvalue weighted by Gasteiger charge is 2.35. The van der Waals surface area contributed by atoms with Crippen LogP contribution in [-0.2, 0) is 20.9 Å². The van der Waals surface area contributed by atoms with E-state index in [1.807, 2.05) is 30.3 Å². The fourth-order valence-corrected chi connectivity index (χ4v) is 2.73. The standard InChI is InChI=1S/C19H16FNO3/c1-2-24-17(22)11-15-14-9-6-10-16(20)18(14)21(19(15)23)12-13-7-4-3-5-8-13/h3-11H,2,12H2,1H3/b15-11+. The van der Waals surface area contributed by atoms with Gasteiger partial charge >= 0.3 is 5.97 Å². The van der Waals surface area contributed by atoms with E-state index in [1.54, 1.807) is 13.0 Å². The molecule has 1 heterocycles. The molecule has 0 N–H and O–H groups in total. The van der Waals surface area contributed by atoms with Crippen LogP contribution in [0.1, 0.15) is 18.1 Å². The van der Waals surface area contributed by atoms with Crippen LogP contribution in [0.5, 0.6) is 0 Å². The molecule has 0 spiro atoms. The molecule has 0 atom stereocenters. The van der Waals surface area contributed by atoms with Crippen molar-refractivity contribution in [2.45, 2.75) is 13.5 Å². The summed E-state index contributed by atoms with van der Waals surface area (Å²) in [4.78, 5) is 25.8. The number of carbonyl (C=O) groups is 2. The van der Waals surface area contributed by atoms with Crippen LogP contribution in [0.2, 0.25) is 0 Å². The zero-order chi connectivity index (χ0) is 17.1. The second-order valence-electron chi connectivity index (χ2n) is 5.32. The molecule has 24 heavy (non-hydrogen) atoms. The summed E-state index contributed by atoms with van der Waals surface area (Å²) in [5, 5.41) is 0. The van der Waals surface area contributed by atoms with Crippen LogP contribution >= 0.6 is 0 Å². The second kappa shape index (κ2) is 6.66. The summed E-state index contributed by atoms with van der Waals surface area (Å²) in [6.45, 7) is 2.12. The maximum Gasteiger partial charge on any atom is 0.331 e. The molecule has 122 valence electrons. The molecule has 2 aromatic carbocycles. The topological polar surface area (TPSA) is 46.6 Å². The minimum Gasteiger partial charge on any atom is -0.463 e. The number of halogens is 1. The lowest BCUT2D eigenvalue weighted by Gasteiger charge is -2.17. The van der Waals surface area contributed by atoms with Gasteiger partial charge in [-0.05, 0) is 18.6 Å². The van der Waals surface area contributed by atoms with Gasteiger partial charge in [0.05, 0.1) is 24.4 Å². The van der Waals surface area contributed by atoms with Crippen LogP contribution in [0.25, 0.3) is 5.57 Å². The van der Waals surface area contributed by atoms with Crippen LogP contribution in [0.15, 0.2) is 54.6 Å². The Balaban J connectivity index is 2.03. The van der Waals surface area contributed by atoms with Crippen molar-refractivity contribution in [2.24, 2.45) is 0 Å². The molecule has 0 saturated heterocycles. The number of esters is 1. The first-order chi connectivity index (χ1) is 11.6. The third kappa shape index (κ3) is 2.93. The summed E-state index contributed by atoms with van der Waals surface area (Å²) in [7, 11) is 0. The van der Waals surface area contributed by atoms with Crippen molar-refractivity contribution in [3.8, 4) is 0 Å². The molecule has 0 bridgehead atoms. The fraction of sp³-hybridized carbons (Fsp3) is 0.158. The number of para-hydroxylation sites is 1. The van der Waals surface area contributed by atoms with E-state index >= 15 is 0 Å². The van der Waals surface area contributed by atoms with Crippen LogP contribution in [0.4, 0.5) is 10.1 Å². The van der Waals surface area contributed by atoms with E-state index in [0.29, 0.717) is 5.56 Å². The van der Waals surface area contributed by atoms with E-state index in [-0.39, 0.29) is 24.4 Å². The Hall–Kier alpha value is -2.95. The summed E-state index contributed by atoms with van der Waals surface area (Å²) in [6.07, 6.45) is 1.13. The number of nitrogens with zero attached hydrogens (tertiary/aromatic N) is 1. The Morgan fingerprint density at radius 3 is 2.62 bits per heavy atom. The molecule has 0 saturated carbocycles. The van der Waals surface area contributed by atoms with Crippen molar-refractivity contribution in [3.05, 3.63) is 71.6 Å². The first-order valence-electron chi connectivity index (χ1n) is 7.65. The Labute approximate surface area is 139 Å². The third-order valence-electron chi connectivity index (χ3n) is 3.75. The van der Waals surface area contributed by atoms with Gasteiger partial charge in [-0.25, -0.2) is 9.18 Å². The first kappa shape index (κ1) is 15.9. The molecule has 2 aromatic rings. The Morgan fingerprint density at radius 1 is 1.17 bits per heavy atom.